The van der Waals surface area contributed by atoms with Gasteiger partial charge in [-0.25, -0.2) is 4.98 Å². The molecule has 6 rings (SSSR count). The summed E-state index contributed by atoms with van der Waals surface area (Å²) in [4.78, 5) is 31.1. The van der Waals surface area contributed by atoms with E-state index in [1.54, 1.807) is 0 Å². The van der Waals surface area contributed by atoms with Crippen LogP contribution in [0.15, 0.2) is 49.1 Å². The third-order valence-corrected chi connectivity index (χ3v) is 7.65. The first-order valence-electron chi connectivity index (χ1n) is 12.9. The second kappa shape index (κ2) is 9.33. The van der Waals surface area contributed by atoms with E-state index in [1.165, 1.54) is 24.5 Å². The van der Waals surface area contributed by atoms with E-state index in [9.17, 15) is 9.90 Å². The lowest BCUT2D eigenvalue weighted by molar-refractivity contribution is -0.126. The van der Waals surface area contributed by atoms with Gasteiger partial charge >= 0.3 is 0 Å². The first-order chi connectivity index (χ1) is 17.6. The van der Waals surface area contributed by atoms with Crippen LogP contribution in [0.2, 0.25) is 0 Å². The topological polar surface area (TPSA) is 76.0 Å². The number of carbonyl (C=O) groups excluding carboxylic acids is 1. The number of anilines is 3. The van der Waals surface area contributed by atoms with Crippen LogP contribution in [0.4, 0.5) is 17.5 Å². The zero-order chi connectivity index (χ0) is 24.6. The molecule has 2 fully saturated rings. The van der Waals surface area contributed by atoms with Crippen molar-refractivity contribution >= 4 is 34.1 Å². The molecule has 1 N–H and O–H groups in total. The van der Waals surface area contributed by atoms with Gasteiger partial charge in [0.2, 0.25) is 11.9 Å². The van der Waals surface area contributed by atoms with Crippen LogP contribution in [0, 0.1) is 0 Å². The highest BCUT2D eigenvalue weighted by Crippen LogP contribution is 2.36. The first kappa shape index (κ1) is 22.6. The number of aromatic hydroxyl groups is 1. The molecule has 0 unspecified atom stereocenters. The predicted molar refractivity (Wildman–Crippen MR) is 143 cm³/mol. The summed E-state index contributed by atoms with van der Waals surface area (Å²) in [6.07, 6.45) is 4.56. The number of piperazine rings is 1. The van der Waals surface area contributed by atoms with E-state index in [4.69, 9.17) is 9.97 Å². The number of hydrogen-bond acceptors (Lipinski definition) is 7. The summed E-state index contributed by atoms with van der Waals surface area (Å²) in [5.74, 6) is 2.11. The third-order valence-electron chi connectivity index (χ3n) is 7.65. The van der Waals surface area contributed by atoms with Crippen molar-refractivity contribution in [2.24, 2.45) is 0 Å². The van der Waals surface area contributed by atoms with Gasteiger partial charge in [0, 0.05) is 68.5 Å². The SMILES string of the molecule is C=CC(=O)N1CCN(c2nc(N3CCCC3)nc3c2CCN(c2cc(O)cc4ccccc24)C3)CC1. The van der Waals surface area contributed by atoms with Gasteiger partial charge in [0.1, 0.15) is 11.6 Å². The van der Waals surface area contributed by atoms with Crippen LogP contribution in [0.5, 0.6) is 5.75 Å². The van der Waals surface area contributed by atoms with Crippen LogP contribution in [0.3, 0.4) is 0 Å². The summed E-state index contributed by atoms with van der Waals surface area (Å²) < 4.78 is 0. The molecule has 3 aliphatic heterocycles. The number of phenolic OH excluding ortho intramolecular Hbond substituents is 1. The molecule has 0 spiro atoms. The maximum Gasteiger partial charge on any atom is 0.246 e. The third kappa shape index (κ3) is 4.10. The number of amides is 1. The Balaban J connectivity index is 1.35. The molecule has 2 aromatic carbocycles. The van der Waals surface area contributed by atoms with Crippen LogP contribution in [0.1, 0.15) is 24.1 Å². The fourth-order valence-electron chi connectivity index (χ4n) is 5.73. The molecule has 1 amide bonds. The first-order valence-corrected chi connectivity index (χ1v) is 12.9. The van der Waals surface area contributed by atoms with Gasteiger partial charge in [0.25, 0.3) is 0 Å². The second-order valence-corrected chi connectivity index (χ2v) is 9.84. The van der Waals surface area contributed by atoms with E-state index in [1.807, 2.05) is 35.2 Å². The Morgan fingerprint density at radius 3 is 2.47 bits per heavy atom. The number of benzene rings is 2. The van der Waals surface area contributed by atoms with E-state index in [0.717, 1.165) is 73.1 Å². The molecule has 0 aliphatic carbocycles. The molecule has 0 radical (unpaired) electrons. The number of rotatable bonds is 4. The van der Waals surface area contributed by atoms with Crippen molar-refractivity contribution in [1.29, 1.82) is 0 Å². The van der Waals surface area contributed by atoms with Crippen molar-refractivity contribution < 1.29 is 9.90 Å². The molecular formula is C28H32N6O2. The molecule has 8 nitrogen and oxygen atoms in total. The quantitative estimate of drug-likeness (QED) is 0.570. The molecular weight excluding hydrogens is 452 g/mol. The van der Waals surface area contributed by atoms with Crippen molar-refractivity contribution in [1.82, 2.24) is 14.9 Å². The average molecular weight is 485 g/mol. The Morgan fingerprint density at radius 1 is 0.917 bits per heavy atom. The fourth-order valence-corrected chi connectivity index (χ4v) is 5.73. The maximum absolute atomic E-state index is 12.1. The van der Waals surface area contributed by atoms with Crippen LogP contribution >= 0.6 is 0 Å². The molecule has 2 saturated heterocycles. The number of nitrogens with zero attached hydrogens (tertiary/aromatic N) is 6. The van der Waals surface area contributed by atoms with E-state index >= 15 is 0 Å². The molecule has 36 heavy (non-hydrogen) atoms. The maximum atomic E-state index is 12.1. The van der Waals surface area contributed by atoms with Crippen molar-refractivity contribution in [2.75, 3.05) is 60.5 Å². The normalized spacial score (nSPS) is 18.0. The molecule has 3 aliphatic rings. The lowest BCUT2D eigenvalue weighted by Crippen LogP contribution is -2.49. The molecule has 0 bridgehead atoms. The smallest absolute Gasteiger partial charge is 0.246 e. The van der Waals surface area contributed by atoms with Gasteiger partial charge in [0.05, 0.1) is 12.2 Å². The second-order valence-electron chi connectivity index (χ2n) is 9.84. The summed E-state index contributed by atoms with van der Waals surface area (Å²) in [5.41, 5.74) is 3.31. The van der Waals surface area contributed by atoms with E-state index in [2.05, 4.69) is 27.3 Å². The Kier molecular flexibility index (Phi) is 5.87. The van der Waals surface area contributed by atoms with E-state index < -0.39 is 0 Å². The average Bonchev–Trinajstić information content (AvgIpc) is 3.46. The zero-order valence-corrected chi connectivity index (χ0v) is 20.6. The largest absolute Gasteiger partial charge is 0.508 e. The number of aromatic nitrogens is 2. The molecule has 186 valence electrons. The lowest BCUT2D eigenvalue weighted by Gasteiger charge is -2.38. The molecule has 1 aromatic heterocycles. The number of carbonyl (C=O) groups is 1. The number of fused-ring (bicyclic) bond motifs is 2. The van der Waals surface area contributed by atoms with Gasteiger partial charge in [0.15, 0.2) is 0 Å². The summed E-state index contributed by atoms with van der Waals surface area (Å²) in [5, 5.41) is 12.6. The highest BCUT2D eigenvalue weighted by Gasteiger charge is 2.30. The van der Waals surface area contributed by atoms with E-state index in [-0.39, 0.29) is 11.7 Å². The van der Waals surface area contributed by atoms with Crippen LogP contribution in [0.25, 0.3) is 10.8 Å². The fraction of sp³-hybridized carbons (Fsp3) is 0.393. The summed E-state index contributed by atoms with van der Waals surface area (Å²) >= 11 is 0. The number of phenols is 1. The molecule has 0 saturated carbocycles. The predicted octanol–water partition coefficient (Wildman–Crippen LogP) is 3.33. The van der Waals surface area contributed by atoms with Gasteiger partial charge in [-0.1, -0.05) is 30.8 Å². The Morgan fingerprint density at radius 2 is 1.69 bits per heavy atom. The summed E-state index contributed by atoms with van der Waals surface area (Å²) in [6, 6.07) is 11.9. The van der Waals surface area contributed by atoms with Crippen LogP contribution in [-0.2, 0) is 17.8 Å². The van der Waals surface area contributed by atoms with Crippen LogP contribution < -0.4 is 14.7 Å². The van der Waals surface area contributed by atoms with Crippen molar-refractivity contribution in [3.8, 4) is 5.75 Å². The van der Waals surface area contributed by atoms with Gasteiger partial charge in [-0.05, 0) is 36.8 Å². The van der Waals surface area contributed by atoms with Crippen molar-refractivity contribution in [3.63, 3.8) is 0 Å². The van der Waals surface area contributed by atoms with Crippen molar-refractivity contribution in [3.05, 3.63) is 60.3 Å². The minimum Gasteiger partial charge on any atom is -0.508 e. The summed E-state index contributed by atoms with van der Waals surface area (Å²) in [7, 11) is 0. The molecule has 3 aromatic rings. The zero-order valence-electron chi connectivity index (χ0n) is 20.6. The standard InChI is InChI=1S/C28H32N6O2/c1-2-26(36)31-13-15-32(16-14-31)27-23-9-12-34(19-24(23)29-28(30-27)33-10-5-6-11-33)25-18-21(35)17-20-7-3-4-8-22(20)25/h2-4,7-8,17-18,35H,1,5-6,9-16,19H2. The van der Waals surface area contributed by atoms with E-state index in [0.29, 0.717) is 19.6 Å². The van der Waals surface area contributed by atoms with Gasteiger partial charge in [-0.15, -0.1) is 0 Å². The van der Waals surface area contributed by atoms with Gasteiger partial charge in [-0.3, -0.25) is 4.79 Å². The van der Waals surface area contributed by atoms with Crippen LogP contribution in [-0.4, -0.2) is 71.7 Å². The van der Waals surface area contributed by atoms with Gasteiger partial charge in [-0.2, -0.15) is 4.98 Å². The molecule has 4 heterocycles. The Bertz CT molecular complexity index is 1310. The monoisotopic (exact) mass is 484 g/mol. The molecule has 0 atom stereocenters. The van der Waals surface area contributed by atoms with Gasteiger partial charge < -0.3 is 24.7 Å². The number of hydrogen-bond donors (Lipinski definition) is 1. The highest BCUT2D eigenvalue weighted by molar-refractivity contribution is 5.95. The highest BCUT2D eigenvalue weighted by atomic mass is 16.3. The Labute approximate surface area is 211 Å². The minimum atomic E-state index is -0.00824. The summed E-state index contributed by atoms with van der Waals surface area (Å²) in [6.45, 7) is 9.96. The Hall–Kier alpha value is -3.81. The lowest BCUT2D eigenvalue weighted by atomic mass is 10.0. The minimum absolute atomic E-state index is 0.00824. The van der Waals surface area contributed by atoms with Crippen molar-refractivity contribution in [2.45, 2.75) is 25.8 Å². The molecule has 8 heteroatoms.